The van der Waals surface area contributed by atoms with Gasteiger partial charge in [0.05, 0.1) is 6.04 Å². The summed E-state index contributed by atoms with van der Waals surface area (Å²) in [6, 6.07) is 2.65. The van der Waals surface area contributed by atoms with Crippen LogP contribution in [0.2, 0.25) is 0 Å². The zero-order valence-electron chi connectivity index (χ0n) is 11.4. The Morgan fingerprint density at radius 3 is 2.50 bits per heavy atom. The first-order valence-corrected chi connectivity index (χ1v) is 8.32. The van der Waals surface area contributed by atoms with Gasteiger partial charge in [0.2, 0.25) is 0 Å². The quantitative estimate of drug-likeness (QED) is 0.913. The summed E-state index contributed by atoms with van der Waals surface area (Å²) in [5.41, 5.74) is 6.04. The Balaban J connectivity index is 2.17. The molecular formula is C14H23BrN2S. The molecule has 2 N–H and O–H groups in total. The van der Waals surface area contributed by atoms with Crippen LogP contribution in [-0.4, -0.2) is 24.5 Å². The minimum Gasteiger partial charge on any atom is -0.329 e. The fraction of sp³-hybridized carbons (Fsp3) is 0.714. The van der Waals surface area contributed by atoms with Crippen LogP contribution in [-0.2, 0) is 0 Å². The van der Waals surface area contributed by atoms with Crippen molar-refractivity contribution in [1.29, 1.82) is 0 Å². The van der Waals surface area contributed by atoms with E-state index >= 15 is 0 Å². The van der Waals surface area contributed by atoms with Crippen molar-refractivity contribution in [2.75, 3.05) is 19.6 Å². The Kier molecular flexibility index (Phi) is 4.86. The van der Waals surface area contributed by atoms with Crippen molar-refractivity contribution in [3.8, 4) is 0 Å². The SMILES string of the molecule is Cc1sc(C(CN)N2CC(C)CC(C)C2)cc1Br. The van der Waals surface area contributed by atoms with Crippen LogP contribution in [0, 0.1) is 18.8 Å². The topological polar surface area (TPSA) is 29.3 Å². The number of halogens is 1. The molecule has 0 amide bonds. The number of likely N-dealkylation sites (tertiary alicyclic amines) is 1. The summed E-state index contributed by atoms with van der Waals surface area (Å²) in [5.74, 6) is 1.57. The van der Waals surface area contributed by atoms with Gasteiger partial charge in [-0.3, -0.25) is 4.90 Å². The lowest BCUT2D eigenvalue weighted by molar-refractivity contribution is 0.0999. The van der Waals surface area contributed by atoms with E-state index in [2.05, 4.69) is 47.7 Å². The van der Waals surface area contributed by atoms with Crippen molar-refractivity contribution >= 4 is 27.3 Å². The average molecular weight is 331 g/mol. The molecule has 18 heavy (non-hydrogen) atoms. The number of nitrogens with zero attached hydrogens (tertiary/aromatic N) is 1. The maximum absolute atomic E-state index is 6.04. The summed E-state index contributed by atoms with van der Waals surface area (Å²) < 4.78 is 1.22. The molecule has 0 aliphatic carbocycles. The predicted molar refractivity (Wildman–Crippen MR) is 83.1 cm³/mol. The molecule has 2 heterocycles. The van der Waals surface area contributed by atoms with Crippen molar-refractivity contribution < 1.29 is 0 Å². The van der Waals surface area contributed by atoms with E-state index in [1.54, 1.807) is 0 Å². The highest BCUT2D eigenvalue weighted by Crippen LogP contribution is 2.35. The van der Waals surface area contributed by atoms with Crippen molar-refractivity contribution in [2.24, 2.45) is 17.6 Å². The lowest BCUT2D eigenvalue weighted by Crippen LogP contribution is -2.43. The molecule has 0 radical (unpaired) electrons. The molecule has 1 aliphatic heterocycles. The van der Waals surface area contributed by atoms with Crippen LogP contribution in [0.15, 0.2) is 10.5 Å². The third kappa shape index (κ3) is 3.16. The molecule has 3 unspecified atom stereocenters. The van der Waals surface area contributed by atoms with Crippen LogP contribution in [0.1, 0.15) is 36.1 Å². The van der Waals surface area contributed by atoms with Gasteiger partial charge in [-0.05, 0) is 47.2 Å². The number of rotatable bonds is 3. The van der Waals surface area contributed by atoms with E-state index in [1.165, 1.54) is 33.7 Å². The standard InChI is InChI=1S/C14H23BrN2S/c1-9-4-10(2)8-17(7-9)13(6-16)14-5-12(15)11(3)18-14/h5,9-10,13H,4,6-8,16H2,1-3H3. The second-order valence-electron chi connectivity index (χ2n) is 5.70. The molecule has 1 aromatic rings. The van der Waals surface area contributed by atoms with E-state index in [1.807, 2.05) is 11.3 Å². The van der Waals surface area contributed by atoms with Gasteiger partial charge in [0, 0.05) is 33.9 Å². The molecule has 1 fully saturated rings. The second-order valence-corrected chi connectivity index (χ2v) is 7.85. The number of aryl methyl sites for hydroxylation is 1. The first-order valence-electron chi connectivity index (χ1n) is 6.71. The van der Waals surface area contributed by atoms with Crippen molar-refractivity contribution in [3.05, 3.63) is 20.3 Å². The molecule has 0 bridgehead atoms. The summed E-state index contributed by atoms with van der Waals surface area (Å²) >= 11 is 5.49. The number of nitrogens with two attached hydrogens (primary N) is 1. The predicted octanol–water partition coefficient (Wildman–Crippen LogP) is 3.80. The van der Waals surface area contributed by atoms with E-state index in [9.17, 15) is 0 Å². The van der Waals surface area contributed by atoms with E-state index in [0.717, 1.165) is 11.8 Å². The largest absolute Gasteiger partial charge is 0.329 e. The van der Waals surface area contributed by atoms with Crippen LogP contribution in [0.4, 0.5) is 0 Å². The minimum absolute atomic E-state index is 0.394. The molecule has 0 spiro atoms. The normalized spacial score (nSPS) is 27.4. The van der Waals surface area contributed by atoms with E-state index in [0.29, 0.717) is 12.6 Å². The van der Waals surface area contributed by atoms with Crippen LogP contribution >= 0.6 is 27.3 Å². The second kappa shape index (κ2) is 6.04. The van der Waals surface area contributed by atoms with Gasteiger partial charge in [-0.25, -0.2) is 0 Å². The zero-order valence-corrected chi connectivity index (χ0v) is 13.9. The van der Waals surface area contributed by atoms with E-state index in [-0.39, 0.29) is 0 Å². The van der Waals surface area contributed by atoms with E-state index < -0.39 is 0 Å². The van der Waals surface area contributed by atoms with Gasteiger partial charge in [0.25, 0.3) is 0 Å². The van der Waals surface area contributed by atoms with Crippen LogP contribution in [0.3, 0.4) is 0 Å². The molecule has 1 aliphatic rings. The number of piperidine rings is 1. The molecule has 0 aromatic carbocycles. The first kappa shape index (κ1) is 14.5. The van der Waals surface area contributed by atoms with Crippen molar-refractivity contribution in [2.45, 2.75) is 33.2 Å². The monoisotopic (exact) mass is 330 g/mol. The Morgan fingerprint density at radius 1 is 1.44 bits per heavy atom. The summed E-state index contributed by atoms with van der Waals surface area (Å²) in [4.78, 5) is 5.33. The van der Waals surface area contributed by atoms with Gasteiger partial charge in [-0.1, -0.05) is 13.8 Å². The highest BCUT2D eigenvalue weighted by Gasteiger charge is 2.28. The summed E-state index contributed by atoms with van der Waals surface area (Å²) in [7, 11) is 0. The van der Waals surface area contributed by atoms with Gasteiger partial charge in [0.15, 0.2) is 0 Å². The highest BCUT2D eigenvalue weighted by molar-refractivity contribution is 9.10. The molecule has 3 atom stereocenters. The molecule has 2 rings (SSSR count). The molecule has 102 valence electrons. The molecule has 0 saturated carbocycles. The summed E-state index contributed by atoms with van der Waals surface area (Å²) in [6.45, 7) is 9.94. The van der Waals surface area contributed by atoms with Gasteiger partial charge < -0.3 is 5.73 Å². The number of hydrogen-bond donors (Lipinski definition) is 1. The van der Waals surface area contributed by atoms with Crippen LogP contribution in [0.5, 0.6) is 0 Å². The highest BCUT2D eigenvalue weighted by atomic mass is 79.9. The summed E-state index contributed by atoms with van der Waals surface area (Å²) in [5, 5.41) is 0. The minimum atomic E-state index is 0.394. The lowest BCUT2D eigenvalue weighted by Gasteiger charge is -2.39. The lowest BCUT2D eigenvalue weighted by atomic mass is 9.90. The summed E-state index contributed by atoms with van der Waals surface area (Å²) in [6.07, 6.45) is 1.35. The Hall–Kier alpha value is 0.100. The van der Waals surface area contributed by atoms with Crippen LogP contribution < -0.4 is 5.73 Å². The maximum Gasteiger partial charge on any atom is 0.0565 e. The smallest absolute Gasteiger partial charge is 0.0565 e. The Bertz CT molecular complexity index is 375. The number of hydrogen-bond acceptors (Lipinski definition) is 3. The zero-order chi connectivity index (χ0) is 13.3. The van der Waals surface area contributed by atoms with Gasteiger partial charge >= 0.3 is 0 Å². The van der Waals surface area contributed by atoms with E-state index in [4.69, 9.17) is 5.73 Å². The van der Waals surface area contributed by atoms with Crippen LogP contribution in [0.25, 0.3) is 0 Å². The molecule has 1 aromatic heterocycles. The Labute approximate surface area is 123 Å². The molecular weight excluding hydrogens is 308 g/mol. The third-order valence-electron chi connectivity index (χ3n) is 3.77. The molecule has 1 saturated heterocycles. The number of thiophene rings is 1. The average Bonchev–Trinajstić information content (AvgIpc) is 2.58. The maximum atomic E-state index is 6.04. The van der Waals surface area contributed by atoms with Gasteiger partial charge in [-0.2, -0.15) is 0 Å². The first-order chi connectivity index (χ1) is 8.51. The van der Waals surface area contributed by atoms with Crippen molar-refractivity contribution in [3.63, 3.8) is 0 Å². The Morgan fingerprint density at radius 2 is 2.06 bits per heavy atom. The molecule has 4 heteroatoms. The molecule has 2 nitrogen and oxygen atoms in total. The van der Waals surface area contributed by atoms with Gasteiger partial charge in [-0.15, -0.1) is 11.3 Å². The van der Waals surface area contributed by atoms with Gasteiger partial charge in [0.1, 0.15) is 0 Å². The fourth-order valence-electron chi connectivity index (χ4n) is 3.06. The third-order valence-corrected chi connectivity index (χ3v) is 6.00. The fourth-order valence-corrected chi connectivity index (χ4v) is 4.77. The van der Waals surface area contributed by atoms with Crippen molar-refractivity contribution in [1.82, 2.24) is 4.90 Å².